The smallest absolute Gasteiger partial charge is 0.255 e. The molecule has 0 aliphatic carbocycles. The molecule has 0 spiro atoms. The summed E-state index contributed by atoms with van der Waals surface area (Å²) in [5, 5.41) is 0.650. The number of aromatic nitrogens is 2. The molecule has 1 saturated heterocycles. The van der Waals surface area contributed by atoms with Crippen molar-refractivity contribution in [2.24, 2.45) is 0 Å². The summed E-state index contributed by atoms with van der Waals surface area (Å²) in [6, 6.07) is 7.28. The third-order valence-corrected chi connectivity index (χ3v) is 5.24. The molecule has 0 radical (unpaired) electrons. The van der Waals surface area contributed by atoms with Crippen molar-refractivity contribution >= 4 is 23.5 Å². The molecule has 1 fully saturated rings. The van der Waals surface area contributed by atoms with Gasteiger partial charge in [0.05, 0.1) is 31.9 Å². The molecular formula is C19H21ClN4O3. The summed E-state index contributed by atoms with van der Waals surface area (Å²) in [7, 11) is 0. The van der Waals surface area contributed by atoms with Crippen molar-refractivity contribution in [3.63, 3.8) is 0 Å². The van der Waals surface area contributed by atoms with E-state index in [1.165, 1.54) is 0 Å². The quantitative estimate of drug-likeness (QED) is 0.859. The normalized spacial score (nSPS) is 16.9. The number of nitrogens with one attached hydrogen (secondary N) is 1. The molecule has 0 bridgehead atoms. The largest absolute Gasteiger partial charge is 0.378 e. The molecule has 8 heteroatoms. The zero-order valence-corrected chi connectivity index (χ0v) is 15.7. The Kier molecular flexibility index (Phi) is 5.13. The third-order valence-electron chi connectivity index (χ3n) is 4.99. The number of ether oxygens (including phenoxy) is 1. The molecule has 1 aromatic carbocycles. The van der Waals surface area contributed by atoms with Crippen molar-refractivity contribution in [2.45, 2.75) is 19.4 Å². The van der Waals surface area contributed by atoms with Gasteiger partial charge in [-0.15, -0.1) is 0 Å². The standard InChI is InChI=1S/C19H21ClN4O3/c20-14-3-1-13(2-4-14)11-17(25)24-6-5-15-16(12-24)21-19(22-18(15)26)23-7-9-27-10-8-23/h1-4H,5-12H2,(H,21,22,26). The average Bonchev–Trinajstić information content (AvgIpc) is 2.70. The molecule has 1 N–H and O–H groups in total. The van der Waals surface area contributed by atoms with Crippen LogP contribution in [0.3, 0.4) is 0 Å². The number of morpholine rings is 1. The first-order chi connectivity index (χ1) is 13.1. The fraction of sp³-hybridized carbons (Fsp3) is 0.421. The third kappa shape index (κ3) is 3.99. The van der Waals surface area contributed by atoms with E-state index < -0.39 is 0 Å². The van der Waals surface area contributed by atoms with Gasteiger partial charge in [0.15, 0.2) is 0 Å². The Morgan fingerprint density at radius 3 is 2.67 bits per heavy atom. The lowest BCUT2D eigenvalue weighted by molar-refractivity contribution is -0.131. The van der Waals surface area contributed by atoms with E-state index in [4.69, 9.17) is 16.3 Å². The van der Waals surface area contributed by atoms with Gasteiger partial charge in [0.1, 0.15) is 0 Å². The van der Waals surface area contributed by atoms with Gasteiger partial charge in [0.25, 0.3) is 5.56 Å². The highest BCUT2D eigenvalue weighted by atomic mass is 35.5. The van der Waals surface area contributed by atoms with Crippen LogP contribution in [-0.4, -0.2) is 53.6 Å². The maximum atomic E-state index is 12.7. The van der Waals surface area contributed by atoms with Crippen LogP contribution in [-0.2, 0) is 28.9 Å². The number of benzene rings is 1. The van der Waals surface area contributed by atoms with Crippen LogP contribution in [0.25, 0.3) is 0 Å². The van der Waals surface area contributed by atoms with E-state index in [1.54, 1.807) is 17.0 Å². The number of hydrogen-bond acceptors (Lipinski definition) is 5. The number of aromatic amines is 1. The van der Waals surface area contributed by atoms with Crippen molar-refractivity contribution < 1.29 is 9.53 Å². The number of anilines is 1. The Morgan fingerprint density at radius 2 is 1.93 bits per heavy atom. The Morgan fingerprint density at radius 1 is 1.19 bits per heavy atom. The van der Waals surface area contributed by atoms with E-state index in [0.29, 0.717) is 74.5 Å². The number of carbonyl (C=O) groups is 1. The van der Waals surface area contributed by atoms with Crippen LogP contribution < -0.4 is 10.5 Å². The number of nitrogens with zero attached hydrogens (tertiary/aromatic N) is 3. The van der Waals surface area contributed by atoms with Crippen LogP contribution in [0, 0.1) is 0 Å². The van der Waals surface area contributed by atoms with Crippen LogP contribution >= 0.6 is 11.6 Å². The molecule has 0 unspecified atom stereocenters. The summed E-state index contributed by atoms with van der Waals surface area (Å²) in [4.78, 5) is 36.5. The van der Waals surface area contributed by atoms with Gasteiger partial charge in [0.2, 0.25) is 11.9 Å². The summed E-state index contributed by atoms with van der Waals surface area (Å²) in [6.07, 6.45) is 0.833. The highest BCUT2D eigenvalue weighted by molar-refractivity contribution is 6.30. The molecule has 27 heavy (non-hydrogen) atoms. The zero-order valence-electron chi connectivity index (χ0n) is 14.9. The highest BCUT2D eigenvalue weighted by Gasteiger charge is 2.25. The number of rotatable bonds is 3. The first-order valence-corrected chi connectivity index (χ1v) is 9.45. The van der Waals surface area contributed by atoms with E-state index in [2.05, 4.69) is 9.97 Å². The van der Waals surface area contributed by atoms with Gasteiger partial charge < -0.3 is 14.5 Å². The van der Waals surface area contributed by atoms with Crippen molar-refractivity contribution in [3.05, 3.63) is 56.5 Å². The van der Waals surface area contributed by atoms with Crippen LogP contribution in [0.5, 0.6) is 0 Å². The van der Waals surface area contributed by atoms with Crippen LogP contribution in [0.2, 0.25) is 5.02 Å². The van der Waals surface area contributed by atoms with Crippen LogP contribution in [0.4, 0.5) is 5.95 Å². The lowest BCUT2D eigenvalue weighted by Gasteiger charge is -2.31. The van der Waals surface area contributed by atoms with Gasteiger partial charge >= 0.3 is 0 Å². The zero-order chi connectivity index (χ0) is 18.8. The van der Waals surface area contributed by atoms with Gasteiger partial charge in [-0.2, -0.15) is 0 Å². The SMILES string of the molecule is O=C(Cc1ccc(Cl)cc1)N1CCc2c(nc(N3CCOCC3)[nH]c2=O)C1. The summed E-state index contributed by atoms with van der Waals surface area (Å²) >= 11 is 5.90. The molecule has 4 rings (SSSR count). The Hall–Kier alpha value is -2.38. The molecule has 1 amide bonds. The number of carbonyl (C=O) groups excluding carboxylic acids is 1. The van der Waals surface area contributed by atoms with Gasteiger partial charge in [-0.25, -0.2) is 4.98 Å². The average molecular weight is 389 g/mol. The van der Waals surface area contributed by atoms with Crippen molar-refractivity contribution in [1.82, 2.24) is 14.9 Å². The molecule has 1 aromatic heterocycles. The minimum Gasteiger partial charge on any atom is -0.378 e. The molecule has 2 aromatic rings. The molecule has 2 aliphatic rings. The lowest BCUT2D eigenvalue weighted by Crippen LogP contribution is -2.42. The minimum absolute atomic E-state index is 0.0259. The van der Waals surface area contributed by atoms with E-state index in [-0.39, 0.29) is 11.5 Å². The fourth-order valence-electron chi connectivity index (χ4n) is 3.45. The summed E-state index contributed by atoms with van der Waals surface area (Å²) in [5.41, 5.74) is 2.19. The maximum Gasteiger partial charge on any atom is 0.255 e. The fourth-order valence-corrected chi connectivity index (χ4v) is 3.58. The molecule has 0 atom stereocenters. The second-order valence-corrected chi connectivity index (χ2v) is 7.22. The maximum absolute atomic E-state index is 12.7. The number of halogens is 1. The van der Waals surface area contributed by atoms with Gasteiger partial charge in [-0.1, -0.05) is 23.7 Å². The molecular weight excluding hydrogens is 368 g/mol. The first kappa shape index (κ1) is 18.0. The first-order valence-electron chi connectivity index (χ1n) is 9.07. The Balaban J connectivity index is 1.51. The van der Waals surface area contributed by atoms with Gasteiger partial charge in [-0.3, -0.25) is 14.6 Å². The summed E-state index contributed by atoms with van der Waals surface area (Å²) in [5.74, 6) is 0.590. The van der Waals surface area contributed by atoms with Crippen LogP contribution in [0.15, 0.2) is 29.1 Å². The van der Waals surface area contributed by atoms with Crippen LogP contribution in [0.1, 0.15) is 16.8 Å². The van der Waals surface area contributed by atoms with E-state index in [9.17, 15) is 9.59 Å². The topological polar surface area (TPSA) is 78.5 Å². The van der Waals surface area contributed by atoms with Crippen molar-refractivity contribution in [1.29, 1.82) is 0 Å². The second-order valence-electron chi connectivity index (χ2n) is 6.78. The number of hydrogen-bond donors (Lipinski definition) is 1. The summed E-state index contributed by atoms with van der Waals surface area (Å²) in [6.45, 7) is 3.52. The molecule has 0 saturated carbocycles. The Labute approximate surface area is 161 Å². The minimum atomic E-state index is -0.105. The molecule has 7 nitrogen and oxygen atoms in total. The van der Waals surface area contributed by atoms with Crippen molar-refractivity contribution in [3.8, 4) is 0 Å². The molecule has 142 valence electrons. The molecule has 3 heterocycles. The number of H-pyrrole nitrogens is 1. The monoisotopic (exact) mass is 388 g/mol. The van der Waals surface area contributed by atoms with Gasteiger partial charge in [0, 0.05) is 30.2 Å². The van der Waals surface area contributed by atoms with E-state index >= 15 is 0 Å². The predicted molar refractivity (Wildman–Crippen MR) is 102 cm³/mol. The molecule has 2 aliphatic heterocycles. The predicted octanol–water partition coefficient (Wildman–Crippen LogP) is 1.39. The Bertz CT molecular complexity index is 891. The number of fused-ring (bicyclic) bond motifs is 1. The number of amides is 1. The highest BCUT2D eigenvalue weighted by Crippen LogP contribution is 2.18. The van der Waals surface area contributed by atoms with Crippen molar-refractivity contribution in [2.75, 3.05) is 37.7 Å². The van der Waals surface area contributed by atoms with Gasteiger partial charge in [-0.05, 0) is 24.1 Å². The summed E-state index contributed by atoms with van der Waals surface area (Å²) < 4.78 is 5.35. The van der Waals surface area contributed by atoms with E-state index in [0.717, 1.165) is 5.56 Å². The van der Waals surface area contributed by atoms with E-state index in [1.807, 2.05) is 17.0 Å². The lowest BCUT2D eigenvalue weighted by atomic mass is 10.1. The second kappa shape index (κ2) is 7.70.